The van der Waals surface area contributed by atoms with Crippen molar-refractivity contribution in [2.24, 2.45) is 11.8 Å². The number of piperidine rings is 2. The minimum Gasteiger partial charge on any atom is -0.340 e. The first-order valence-corrected chi connectivity index (χ1v) is 10.1. The van der Waals surface area contributed by atoms with Crippen LogP contribution in [0.2, 0.25) is 0 Å². The molecule has 2 atom stereocenters. The summed E-state index contributed by atoms with van der Waals surface area (Å²) in [5.74, 6) is 1.70. The lowest BCUT2D eigenvalue weighted by Crippen LogP contribution is -2.55. The molecule has 0 N–H and O–H groups in total. The number of amides is 1. The zero-order valence-electron chi connectivity index (χ0n) is 14.6. The Morgan fingerprint density at radius 2 is 1.57 bits per heavy atom. The molecule has 3 aliphatic heterocycles. The fraction of sp³-hybridized carbons (Fsp3) is 0.947. The Morgan fingerprint density at radius 1 is 0.783 bits per heavy atom. The molecular formula is C19H33N3O. The lowest BCUT2D eigenvalue weighted by molar-refractivity contribution is -0.140. The van der Waals surface area contributed by atoms with Crippen molar-refractivity contribution in [3.05, 3.63) is 0 Å². The van der Waals surface area contributed by atoms with Crippen molar-refractivity contribution in [3.63, 3.8) is 0 Å². The van der Waals surface area contributed by atoms with Gasteiger partial charge in [0.25, 0.3) is 0 Å². The molecule has 0 unspecified atom stereocenters. The van der Waals surface area contributed by atoms with E-state index in [0.29, 0.717) is 11.8 Å². The zero-order valence-corrected chi connectivity index (χ0v) is 14.6. The minimum atomic E-state index is 0.371. The van der Waals surface area contributed by atoms with Gasteiger partial charge in [0, 0.05) is 44.7 Å². The van der Waals surface area contributed by atoms with Gasteiger partial charge in [0.1, 0.15) is 0 Å². The Hall–Kier alpha value is -0.610. The number of hydrogen-bond acceptors (Lipinski definition) is 3. The largest absolute Gasteiger partial charge is 0.340 e. The van der Waals surface area contributed by atoms with Crippen LogP contribution >= 0.6 is 0 Å². The molecule has 23 heavy (non-hydrogen) atoms. The van der Waals surface area contributed by atoms with E-state index in [1.54, 1.807) is 0 Å². The Labute approximate surface area is 141 Å². The van der Waals surface area contributed by atoms with E-state index >= 15 is 0 Å². The molecule has 4 nitrogen and oxygen atoms in total. The average molecular weight is 319 g/mol. The van der Waals surface area contributed by atoms with Gasteiger partial charge in [-0.05, 0) is 57.5 Å². The van der Waals surface area contributed by atoms with E-state index in [1.807, 2.05) is 0 Å². The predicted molar refractivity (Wildman–Crippen MR) is 92.3 cm³/mol. The number of fused-ring (bicyclic) bond motifs is 1. The molecule has 0 bridgehead atoms. The quantitative estimate of drug-likeness (QED) is 0.798. The molecule has 1 aliphatic carbocycles. The maximum absolute atomic E-state index is 12.4. The van der Waals surface area contributed by atoms with Crippen LogP contribution in [-0.2, 0) is 4.79 Å². The third-order valence-corrected chi connectivity index (χ3v) is 6.86. The van der Waals surface area contributed by atoms with Crippen LogP contribution in [0.3, 0.4) is 0 Å². The number of carbonyl (C=O) groups is 1. The maximum Gasteiger partial charge on any atom is 0.225 e. The Morgan fingerprint density at radius 3 is 2.30 bits per heavy atom. The van der Waals surface area contributed by atoms with Gasteiger partial charge in [0.2, 0.25) is 5.91 Å². The molecule has 1 amide bonds. The van der Waals surface area contributed by atoms with Crippen LogP contribution in [0.1, 0.15) is 51.4 Å². The third kappa shape index (κ3) is 3.43. The van der Waals surface area contributed by atoms with Gasteiger partial charge in [0.05, 0.1) is 0 Å². The van der Waals surface area contributed by atoms with E-state index in [1.165, 1.54) is 58.2 Å². The first kappa shape index (κ1) is 15.9. The summed E-state index contributed by atoms with van der Waals surface area (Å²) >= 11 is 0. The summed E-state index contributed by atoms with van der Waals surface area (Å²) in [5.41, 5.74) is 0. The predicted octanol–water partition coefficient (Wildman–Crippen LogP) is 2.20. The lowest BCUT2D eigenvalue weighted by Gasteiger charge is -2.47. The SMILES string of the molecule is O=C(C1CCC1)N1CCN(C[C@@H]2CCCN3CCCC[C@H]23)CC1. The van der Waals surface area contributed by atoms with Gasteiger partial charge in [-0.25, -0.2) is 0 Å². The van der Waals surface area contributed by atoms with Crippen molar-refractivity contribution in [1.29, 1.82) is 0 Å². The number of rotatable bonds is 3. The second kappa shape index (κ2) is 7.10. The van der Waals surface area contributed by atoms with Crippen LogP contribution < -0.4 is 0 Å². The molecule has 130 valence electrons. The molecule has 4 fully saturated rings. The highest BCUT2D eigenvalue weighted by Crippen LogP contribution is 2.32. The van der Waals surface area contributed by atoms with Crippen LogP contribution in [0, 0.1) is 11.8 Å². The summed E-state index contributed by atoms with van der Waals surface area (Å²) in [4.78, 5) is 19.9. The van der Waals surface area contributed by atoms with E-state index < -0.39 is 0 Å². The molecule has 3 saturated heterocycles. The summed E-state index contributed by atoms with van der Waals surface area (Å²) < 4.78 is 0. The fourth-order valence-electron chi connectivity index (χ4n) is 5.19. The van der Waals surface area contributed by atoms with Crippen LogP contribution in [0.15, 0.2) is 0 Å². The molecule has 0 aromatic heterocycles. The highest BCUT2D eigenvalue weighted by Gasteiger charge is 2.35. The summed E-state index contributed by atoms with van der Waals surface area (Å²) in [7, 11) is 0. The normalized spacial score (nSPS) is 34.0. The number of nitrogens with zero attached hydrogens (tertiary/aromatic N) is 3. The highest BCUT2D eigenvalue weighted by atomic mass is 16.2. The van der Waals surface area contributed by atoms with E-state index in [0.717, 1.165) is 51.0 Å². The Bertz CT molecular complexity index is 413. The molecule has 0 spiro atoms. The third-order valence-electron chi connectivity index (χ3n) is 6.86. The molecule has 4 heteroatoms. The number of carbonyl (C=O) groups excluding carboxylic acids is 1. The number of piperazine rings is 1. The van der Waals surface area contributed by atoms with Gasteiger partial charge in [-0.3, -0.25) is 9.69 Å². The topological polar surface area (TPSA) is 26.8 Å². The minimum absolute atomic E-state index is 0.371. The van der Waals surface area contributed by atoms with E-state index in [9.17, 15) is 4.79 Å². The van der Waals surface area contributed by atoms with Gasteiger partial charge < -0.3 is 9.80 Å². The monoisotopic (exact) mass is 319 g/mol. The van der Waals surface area contributed by atoms with Crippen LogP contribution in [-0.4, -0.2) is 72.5 Å². The van der Waals surface area contributed by atoms with Gasteiger partial charge >= 0.3 is 0 Å². The number of hydrogen-bond donors (Lipinski definition) is 0. The smallest absolute Gasteiger partial charge is 0.225 e. The summed E-state index contributed by atoms with van der Waals surface area (Å²) in [6.45, 7) is 8.08. The van der Waals surface area contributed by atoms with Gasteiger partial charge in [-0.15, -0.1) is 0 Å². The van der Waals surface area contributed by atoms with Crippen molar-refractivity contribution in [2.75, 3.05) is 45.8 Å². The molecule has 0 radical (unpaired) electrons. The zero-order chi connectivity index (χ0) is 15.6. The molecule has 1 saturated carbocycles. The first-order valence-electron chi connectivity index (χ1n) is 10.1. The Balaban J connectivity index is 1.26. The van der Waals surface area contributed by atoms with E-state index in [-0.39, 0.29) is 0 Å². The second-order valence-corrected chi connectivity index (χ2v) is 8.26. The maximum atomic E-state index is 12.4. The lowest BCUT2D eigenvalue weighted by atomic mass is 9.83. The average Bonchev–Trinajstić information content (AvgIpc) is 2.54. The fourth-order valence-corrected chi connectivity index (χ4v) is 5.19. The van der Waals surface area contributed by atoms with Crippen molar-refractivity contribution in [3.8, 4) is 0 Å². The summed E-state index contributed by atoms with van der Waals surface area (Å²) in [6, 6.07) is 0.854. The molecule has 3 heterocycles. The summed E-state index contributed by atoms with van der Waals surface area (Å²) in [5, 5.41) is 0. The van der Waals surface area contributed by atoms with Gasteiger partial charge in [0.15, 0.2) is 0 Å². The van der Waals surface area contributed by atoms with Crippen LogP contribution in [0.5, 0.6) is 0 Å². The Kier molecular flexibility index (Phi) is 4.91. The second-order valence-electron chi connectivity index (χ2n) is 8.26. The van der Waals surface area contributed by atoms with Gasteiger partial charge in [-0.2, -0.15) is 0 Å². The molecule has 4 aliphatic rings. The molecule has 0 aromatic carbocycles. The van der Waals surface area contributed by atoms with Gasteiger partial charge in [-0.1, -0.05) is 12.8 Å². The van der Waals surface area contributed by atoms with Crippen molar-refractivity contribution < 1.29 is 4.79 Å². The molecule has 4 rings (SSSR count). The van der Waals surface area contributed by atoms with Crippen molar-refractivity contribution in [1.82, 2.24) is 14.7 Å². The molecule has 0 aromatic rings. The van der Waals surface area contributed by atoms with Crippen LogP contribution in [0.4, 0.5) is 0 Å². The van der Waals surface area contributed by atoms with E-state index in [4.69, 9.17) is 0 Å². The standard InChI is InChI=1S/C19H33N3O/c23-19(16-5-3-6-16)22-13-11-20(12-14-22)15-17-7-4-10-21-9-2-1-8-18(17)21/h16-18H,1-15H2/t17-,18+/m0/s1. The van der Waals surface area contributed by atoms with Crippen LogP contribution in [0.25, 0.3) is 0 Å². The highest BCUT2D eigenvalue weighted by molar-refractivity contribution is 5.79. The van der Waals surface area contributed by atoms with Crippen molar-refractivity contribution >= 4 is 5.91 Å². The van der Waals surface area contributed by atoms with Crippen molar-refractivity contribution in [2.45, 2.75) is 57.4 Å². The summed E-state index contributed by atoms with van der Waals surface area (Å²) in [6.07, 6.45) is 10.6. The first-order chi connectivity index (χ1) is 11.3. The van der Waals surface area contributed by atoms with E-state index in [2.05, 4.69) is 14.7 Å². The molecular weight excluding hydrogens is 286 g/mol.